The van der Waals surface area contributed by atoms with Gasteiger partial charge in [-0.1, -0.05) is 40.0 Å². The first-order valence-corrected chi connectivity index (χ1v) is 13.1. The van der Waals surface area contributed by atoms with Crippen molar-refractivity contribution in [3.05, 3.63) is 33.5 Å². The van der Waals surface area contributed by atoms with E-state index in [-0.39, 0.29) is 11.3 Å². The molecule has 1 atom stereocenters. The monoisotopic (exact) mass is 454 g/mol. The first kappa shape index (κ1) is 23.2. The fraction of sp³-hybridized carbons (Fsp3) is 0.654. The number of aromatic nitrogens is 2. The van der Waals surface area contributed by atoms with Crippen LogP contribution in [-0.2, 0) is 19.4 Å². The van der Waals surface area contributed by atoms with Crippen molar-refractivity contribution in [2.45, 2.75) is 98.6 Å². The molecule has 0 aromatic carbocycles. The molecule has 0 spiro atoms. The van der Waals surface area contributed by atoms with Crippen molar-refractivity contribution in [1.82, 2.24) is 15.1 Å². The molecule has 2 aromatic rings. The van der Waals surface area contributed by atoms with Crippen LogP contribution in [0.5, 0.6) is 0 Å². The molecule has 4 rings (SSSR count). The first-order valence-electron chi connectivity index (χ1n) is 12.3. The molecule has 1 N–H and O–H groups in total. The Hall–Kier alpha value is -1.95. The van der Waals surface area contributed by atoms with E-state index in [9.17, 15) is 4.79 Å². The van der Waals surface area contributed by atoms with E-state index in [2.05, 4.69) is 38.1 Å². The molecular formula is C26H38N4OS. The highest BCUT2D eigenvalue weighted by Gasteiger charge is 2.34. The van der Waals surface area contributed by atoms with E-state index in [1.165, 1.54) is 29.7 Å². The Morgan fingerprint density at radius 1 is 1.28 bits per heavy atom. The highest BCUT2D eigenvalue weighted by atomic mass is 32.1. The lowest BCUT2D eigenvalue weighted by atomic mass is 9.72. The Balaban J connectivity index is 1.66. The van der Waals surface area contributed by atoms with Crippen molar-refractivity contribution >= 4 is 28.5 Å². The summed E-state index contributed by atoms with van der Waals surface area (Å²) in [6.07, 6.45) is 13.0. The SMILES string of the molecule is CCn1cc(C=Nc2sc3c(c2C(=O)NC2CCCCC2)CCC(C(C)(C)C)C3)c(C)n1. The van der Waals surface area contributed by atoms with Gasteiger partial charge in [0.15, 0.2) is 0 Å². The number of aryl methyl sites for hydroxylation is 2. The van der Waals surface area contributed by atoms with Crippen LogP contribution in [0.3, 0.4) is 0 Å². The van der Waals surface area contributed by atoms with E-state index in [0.717, 1.165) is 60.5 Å². The summed E-state index contributed by atoms with van der Waals surface area (Å²) in [5.74, 6) is 0.724. The Morgan fingerprint density at radius 3 is 2.69 bits per heavy atom. The molecule has 0 radical (unpaired) electrons. The Labute approximate surface area is 196 Å². The van der Waals surface area contributed by atoms with Gasteiger partial charge in [-0.15, -0.1) is 11.3 Å². The summed E-state index contributed by atoms with van der Waals surface area (Å²) in [7, 11) is 0. The number of hydrogen-bond donors (Lipinski definition) is 1. The van der Waals surface area contributed by atoms with Gasteiger partial charge in [-0.3, -0.25) is 9.48 Å². The number of rotatable bonds is 5. The summed E-state index contributed by atoms with van der Waals surface area (Å²) in [6, 6.07) is 0.305. The normalized spacial score (nSPS) is 20.0. The summed E-state index contributed by atoms with van der Waals surface area (Å²) in [5.41, 5.74) is 4.35. The van der Waals surface area contributed by atoms with Gasteiger partial charge in [-0.05, 0) is 62.8 Å². The van der Waals surface area contributed by atoms with Crippen molar-refractivity contribution in [3.8, 4) is 0 Å². The maximum atomic E-state index is 13.5. The molecule has 2 heterocycles. The number of carbonyl (C=O) groups is 1. The number of carbonyl (C=O) groups excluding carboxylic acids is 1. The molecule has 2 aliphatic carbocycles. The van der Waals surface area contributed by atoms with Gasteiger partial charge in [-0.2, -0.15) is 5.10 Å². The molecule has 1 amide bonds. The zero-order valence-corrected chi connectivity index (χ0v) is 21.1. The number of nitrogens with one attached hydrogen (secondary N) is 1. The lowest BCUT2D eigenvalue weighted by molar-refractivity contribution is 0.0927. The van der Waals surface area contributed by atoms with Crippen LogP contribution in [0.4, 0.5) is 5.00 Å². The van der Waals surface area contributed by atoms with Crippen LogP contribution in [0.1, 0.15) is 98.3 Å². The van der Waals surface area contributed by atoms with Gasteiger partial charge >= 0.3 is 0 Å². The molecule has 2 aliphatic rings. The molecule has 0 saturated heterocycles. The van der Waals surface area contributed by atoms with Gasteiger partial charge in [-0.25, -0.2) is 4.99 Å². The fourth-order valence-electron chi connectivity index (χ4n) is 5.09. The highest BCUT2D eigenvalue weighted by Crippen LogP contribution is 2.45. The Kier molecular flexibility index (Phi) is 6.89. The maximum absolute atomic E-state index is 13.5. The molecule has 32 heavy (non-hydrogen) atoms. The summed E-state index contributed by atoms with van der Waals surface area (Å²) in [4.78, 5) is 19.7. The fourth-order valence-corrected chi connectivity index (χ4v) is 6.36. The van der Waals surface area contributed by atoms with Crippen LogP contribution in [-0.4, -0.2) is 27.9 Å². The predicted octanol–water partition coefficient (Wildman–Crippen LogP) is 6.24. The minimum atomic E-state index is 0.0803. The van der Waals surface area contributed by atoms with E-state index in [4.69, 9.17) is 4.99 Å². The Bertz CT molecular complexity index is 988. The summed E-state index contributed by atoms with van der Waals surface area (Å²) in [6.45, 7) is 11.9. The number of thiophene rings is 1. The van der Waals surface area contributed by atoms with E-state index < -0.39 is 0 Å². The molecular weight excluding hydrogens is 416 g/mol. The second kappa shape index (κ2) is 9.50. The third-order valence-electron chi connectivity index (χ3n) is 7.27. The zero-order valence-electron chi connectivity index (χ0n) is 20.3. The van der Waals surface area contributed by atoms with Gasteiger partial charge in [0.2, 0.25) is 0 Å². The van der Waals surface area contributed by atoms with Gasteiger partial charge in [0.25, 0.3) is 5.91 Å². The molecule has 5 nitrogen and oxygen atoms in total. The van der Waals surface area contributed by atoms with Gasteiger partial charge in [0, 0.05) is 35.4 Å². The molecule has 1 saturated carbocycles. The highest BCUT2D eigenvalue weighted by molar-refractivity contribution is 7.16. The maximum Gasteiger partial charge on any atom is 0.254 e. The van der Waals surface area contributed by atoms with Crippen molar-refractivity contribution in [2.24, 2.45) is 16.3 Å². The molecule has 0 aliphatic heterocycles. The minimum absolute atomic E-state index is 0.0803. The van der Waals surface area contributed by atoms with Crippen molar-refractivity contribution in [3.63, 3.8) is 0 Å². The van der Waals surface area contributed by atoms with Crippen LogP contribution in [0.2, 0.25) is 0 Å². The molecule has 2 aromatic heterocycles. The second-order valence-corrected chi connectivity index (χ2v) is 11.7. The van der Waals surface area contributed by atoms with E-state index in [1.807, 2.05) is 24.0 Å². The van der Waals surface area contributed by atoms with Crippen LogP contribution in [0.15, 0.2) is 11.2 Å². The summed E-state index contributed by atoms with van der Waals surface area (Å²) in [5, 5.41) is 8.74. The lowest BCUT2D eigenvalue weighted by Gasteiger charge is -2.34. The van der Waals surface area contributed by atoms with Crippen molar-refractivity contribution < 1.29 is 4.79 Å². The molecule has 1 fully saturated rings. The van der Waals surface area contributed by atoms with Crippen LogP contribution in [0, 0.1) is 18.3 Å². The van der Waals surface area contributed by atoms with E-state index in [1.54, 1.807) is 11.3 Å². The van der Waals surface area contributed by atoms with Gasteiger partial charge in [0.1, 0.15) is 5.00 Å². The lowest BCUT2D eigenvalue weighted by Crippen LogP contribution is -2.36. The summed E-state index contributed by atoms with van der Waals surface area (Å²) < 4.78 is 1.93. The van der Waals surface area contributed by atoms with Gasteiger partial charge < -0.3 is 5.32 Å². The largest absolute Gasteiger partial charge is 0.349 e. The zero-order chi connectivity index (χ0) is 22.9. The number of fused-ring (bicyclic) bond motifs is 1. The molecule has 6 heteroatoms. The van der Waals surface area contributed by atoms with Crippen LogP contribution < -0.4 is 5.32 Å². The smallest absolute Gasteiger partial charge is 0.254 e. The molecule has 0 bridgehead atoms. The first-order chi connectivity index (χ1) is 15.3. The standard InChI is InChI=1S/C26H38N4OS/c1-6-30-16-18(17(2)29-30)15-27-25-23(24(31)28-20-10-8-7-9-11-20)21-13-12-19(26(3,4)5)14-22(21)32-25/h15-16,19-20H,6-14H2,1-5H3,(H,28,31). The Morgan fingerprint density at radius 2 is 2.03 bits per heavy atom. The van der Waals surface area contributed by atoms with Crippen molar-refractivity contribution in [2.75, 3.05) is 0 Å². The number of amides is 1. The number of aliphatic imine (C=N–C) groups is 1. The third-order valence-corrected chi connectivity index (χ3v) is 8.43. The average molecular weight is 455 g/mol. The topological polar surface area (TPSA) is 59.3 Å². The van der Waals surface area contributed by atoms with E-state index >= 15 is 0 Å². The van der Waals surface area contributed by atoms with E-state index in [0.29, 0.717) is 12.0 Å². The summed E-state index contributed by atoms with van der Waals surface area (Å²) >= 11 is 1.72. The number of nitrogens with zero attached hydrogens (tertiary/aromatic N) is 3. The number of hydrogen-bond acceptors (Lipinski definition) is 4. The predicted molar refractivity (Wildman–Crippen MR) is 134 cm³/mol. The molecule has 174 valence electrons. The van der Waals surface area contributed by atoms with Gasteiger partial charge in [0.05, 0.1) is 11.3 Å². The third kappa shape index (κ3) is 5.00. The minimum Gasteiger partial charge on any atom is -0.349 e. The molecule has 1 unspecified atom stereocenters. The quantitative estimate of drug-likeness (QED) is 0.544. The van der Waals surface area contributed by atoms with Crippen LogP contribution >= 0.6 is 11.3 Å². The van der Waals surface area contributed by atoms with Crippen LogP contribution in [0.25, 0.3) is 0 Å². The van der Waals surface area contributed by atoms with Crippen molar-refractivity contribution in [1.29, 1.82) is 0 Å². The average Bonchev–Trinajstić information content (AvgIpc) is 3.31. The second-order valence-electron chi connectivity index (χ2n) is 10.6.